The summed E-state index contributed by atoms with van der Waals surface area (Å²) in [6.07, 6.45) is 0.884. The maximum Gasteiger partial charge on any atom is 0.338 e. The third-order valence-electron chi connectivity index (χ3n) is 3.84. The van der Waals surface area contributed by atoms with Gasteiger partial charge >= 0.3 is 5.97 Å². The van der Waals surface area contributed by atoms with Crippen molar-refractivity contribution < 1.29 is 14.3 Å². The van der Waals surface area contributed by atoms with Crippen molar-refractivity contribution >= 4 is 5.97 Å². The summed E-state index contributed by atoms with van der Waals surface area (Å²) in [5.74, 6) is -0.318. The van der Waals surface area contributed by atoms with Crippen LogP contribution in [0.5, 0.6) is 0 Å². The lowest BCUT2D eigenvalue weighted by Crippen LogP contribution is -2.56. The van der Waals surface area contributed by atoms with Crippen molar-refractivity contribution in [2.45, 2.75) is 57.7 Å². The van der Waals surface area contributed by atoms with E-state index < -0.39 is 11.1 Å². The highest BCUT2D eigenvalue weighted by molar-refractivity contribution is 5.89. The fraction of sp³-hybridized carbons (Fsp3) is 0.562. The number of carbonyl (C=O) groups excluding carboxylic acids is 1. The Morgan fingerprint density at radius 1 is 1.10 bits per heavy atom. The first kappa shape index (κ1) is 14.7. The largest absolute Gasteiger partial charge is 0.458 e. The van der Waals surface area contributed by atoms with E-state index in [1.807, 2.05) is 45.9 Å². The van der Waals surface area contributed by atoms with E-state index >= 15 is 0 Å². The van der Waals surface area contributed by atoms with E-state index in [1.165, 1.54) is 0 Å². The minimum atomic E-state index is -0.524. The van der Waals surface area contributed by atoms with Crippen LogP contribution in [-0.2, 0) is 4.74 Å². The van der Waals surface area contributed by atoms with Crippen LogP contribution in [0, 0.1) is 4.91 Å². The Labute approximate surface area is 119 Å². The molecular formula is C16H22NO3+. The number of carbonyl (C=O) groups is 1. The van der Waals surface area contributed by atoms with Crippen molar-refractivity contribution in [2.75, 3.05) is 0 Å². The van der Waals surface area contributed by atoms with E-state index in [0.717, 1.165) is 4.76 Å². The number of hydrogen-bond donors (Lipinski definition) is 0. The molecule has 1 aliphatic rings. The Morgan fingerprint density at radius 3 is 2.10 bits per heavy atom. The second kappa shape index (κ2) is 5.00. The fourth-order valence-electron chi connectivity index (χ4n) is 3.05. The van der Waals surface area contributed by atoms with Gasteiger partial charge in [-0.15, -0.1) is 0 Å². The minimum absolute atomic E-state index is 0.224. The first-order valence-electron chi connectivity index (χ1n) is 6.96. The number of benzene rings is 1. The summed E-state index contributed by atoms with van der Waals surface area (Å²) in [6, 6.07) is 8.96. The van der Waals surface area contributed by atoms with Gasteiger partial charge in [0, 0.05) is 37.4 Å². The standard InChI is InChI=1S/C16H22NO3/c1-15(2)10-13(11-16(3,4)17(15)19)20-14(18)12-8-6-5-7-9-12/h5-9,13H,10-11H2,1-4H3/q+1. The average Bonchev–Trinajstić information content (AvgIpc) is 2.36. The zero-order chi connectivity index (χ0) is 15.0. The molecule has 0 bridgehead atoms. The second-order valence-electron chi connectivity index (χ2n) is 6.72. The maximum atomic E-state index is 12.2. The summed E-state index contributed by atoms with van der Waals surface area (Å²) in [4.78, 5) is 24.3. The van der Waals surface area contributed by atoms with Crippen molar-refractivity contribution in [2.24, 2.45) is 0 Å². The molecule has 0 saturated carbocycles. The highest BCUT2D eigenvalue weighted by Gasteiger charge is 2.54. The SMILES string of the molecule is CC1(C)CC(OC(=O)c2ccccc2)CC(C)(C)[N+]1=O. The number of piperidine rings is 1. The number of esters is 1. The Morgan fingerprint density at radius 2 is 1.60 bits per heavy atom. The molecule has 1 aliphatic heterocycles. The molecule has 1 aromatic rings. The van der Waals surface area contributed by atoms with E-state index in [0.29, 0.717) is 18.4 Å². The molecule has 108 valence electrons. The molecule has 20 heavy (non-hydrogen) atoms. The highest BCUT2D eigenvalue weighted by atomic mass is 16.5. The second-order valence-corrected chi connectivity index (χ2v) is 6.72. The molecule has 0 unspecified atom stereocenters. The molecule has 1 fully saturated rings. The number of hydrogen-bond acceptors (Lipinski definition) is 3. The zero-order valence-corrected chi connectivity index (χ0v) is 12.6. The molecular weight excluding hydrogens is 254 g/mol. The molecule has 0 spiro atoms. The van der Waals surface area contributed by atoms with E-state index in [4.69, 9.17) is 4.74 Å². The van der Waals surface area contributed by atoms with Gasteiger partial charge < -0.3 is 4.74 Å². The molecule has 0 N–H and O–H groups in total. The van der Waals surface area contributed by atoms with Gasteiger partial charge in [0.05, 0.1) is 18.4 Å². The predicted molar refractivity (Wildman–Crippen MR) is 76.7 cm³/mol. The molecule has 1 aromatic carbocycles. The van der Waals surface area contributed by atoms with Crippen LogP contribution < -0.4 is 0 Å². The third kappa shape index (κ3) is 2.89. The van der Waals surface area contributed by atoms with Gasteiger partial charge in [-0.25, -0.2) is 4.79 Å². The lowest BCUT2D eigenvalue weighted by atomic mass is 9.80. The summed E-state index contributed by atoms with van der Waals surface area (Å²) >= 11 is 0. The number of rotatable bonds is 2. The van der Waals surface area contributed by atoms with Crippen molar-refractivity contribution in [3.05, 3.63) is 40.8 Å². The van der Waals surface area contributed by atoms with E-state index in [1.54, 1.807) is 12.1 Å². The van der Waals surface area contributed by atoms with Gasteiger partial charge in [-0.3, -0.25) is 0 Å². The fourth-order valence-corrected chi connectivity index (χ4v) is 3.05. The van der Waals surface area contributed by atoms with E-state index in [2.05, 4.69) is 0 Å². The van der Waals surface area contributed by atoms with Crippen LogP contribution in [0.3, 0.4) is 0 Å². The van der Waals surface area contributed by atoms with Crippen LogP contribution in [0.2, 0.25) is 0 Å². The molecule has 2 rings (SSSR count). The van der Waals surface area contributed by atoms with Gasteiger partial charge in [0.1, 0.15) is 6.10 Å². The van der Waals surface area contributed by atoms with Crippen molar-refractivity contribution in [3.8, 4) is 0 Å². The molecule has 0 amide bonds. The van der Waals surface area contributed by atoms with Gasteiger partial charge in [0.15, 0.2) is 0 Å². The Hall–Kier alpha value is -1.71. The van der Waals surface area contributed by atoms with Crippen molar-refractivity contribution in [3.63, 3.8) is 0 Å². The van der Waals surface area contributed by atoms with Crippen LogP contribution in [0.15, 0.2) is 30.3 Å². The van der Waals surface area contributed by atoms with Crippen LogP contribution in [-0.4, -0.2) is 27.9 Å². The molecule has 0 aliphatic carbocycles. The van der Waals surface area contributed by atoms with E-state index in [-0.39, 0.29) is 12.1 Å². The highest BCUT2D eigenvalue weighted by Crippen LogP contribution is 2.35. The Bertz CT molecular complexity index is 500. The molecule has 0 aromatic heterocycles. The molecule has 4 heteroatoms. The van der Waals surface area contributed by atoms with Crippen LogP contribution in [0.25, 0.3) is 0 Å². The summed E-state index contributed by atoms with van der Waals surface area (Å²) in [7, 11) is 0. The molecule has 1 heterocycles. The van der Waals surface area contributed by atoms with Crippen LogP contribution in [0.4, 0.5) is 0 Å². The third-order valence-corrected chi connectivity index (χ3v) is 3.84. The van der Waals surface area contributed by atoms with Gasteiger partial charge in [-0.05, 0) is 12.1 Å². The Balaban J connectivity index is 2.11. The lowest BCUT2D eigenvalue weighted by molar-refractivity contribution is -0.695. The molecule has 1 saturated heterocycles. The number of ether oxygens (including phenoxy) is 1. The number of nitrogens with zero attached hydrogens (tertiary/aromatic N) is 1. The van der Waals surface area contributed by atoms with Gasteiger partial charge in [0.2, 0.25) is 11.1 Å². The molecule has 0 atom stereocenters. The minimum Gasteiger partial charge on any atom is -0.458 e. The lowest BCUT2D eigenvalue weighted by Gasteiger charge is -2.36. The van der Waals surface area contributed by atoms with Crippen LogP contribution in [0.1, 0.15) is 50.9 Å². The topological polar surface area (TPSA) is 46.4 Å². The van der Waals surface area contributed by atoms with Crippen molar-refractivity contribution in [1.82, 2.24) is 0 Å². The maximum absolute atomic E-state index is 12.2. The zero-order valence-electron chi connectivity index (χ0n) is 12.6. The Kier molecular flexibility index (Phi) is 3.67. The number of nitroso groups, excluding NO2 is 1. The average molecular weight is 276 g/mol. The summed E-state index contributed by atoms with van der Waals surface area (Å²) in [5.41, 5.74) is -0.500. The summed E-state index contributed by atoms with van der Waals surface area (Å²) in [6.45, 7) is 7.57. The first-order chi connectivity index (χ1) is 9.22. The normalized spacial score (nSPS) is 21.5. The quantitative estimate of drug-likeness (QED) is 0.615. The molecule has 4 nitrogen and oxygen atoms in total. The first-order valence-corrected chi connectivity index (χ1v) is 6.96. The van der Waals surface area contributed by atoms with Gasteiger partial charge in [-0.1, -0.05) is 18.2 Å². The van der Waals surface area contributed by atoms with Gasteiger partial charge in [-0.2, -0.15) is 0 Å². The van der Waals surface area contributed by atoms with E-state index in [9.17, 15) is 9.70 Å². The summed E-state index contributed by atoms with van der Waals surface area (Å²) < 4.78 is 6.72. The van der Waals surface area contributed by atoms with Crippen LogP contribution >= 0.6 is 0 Å². The monoisotopic (exact) mass is 276 g/mol. The smallest absolute Gasteiger partial charge is 0.338 e. The summed E-state index contributed by atoms with van der Waals surface area (Å²) in [5, 5.41) is 0. The van der Waals surface area contributed by atoms with Crippen molar-refractivity contribution in [1.29, 1.82) is 0 Å². The predicted octanol–water partition coefficient (Wildman–Crippen LogP) is 3.34. The van der Waals surface area contributed by atoms with Gasteiger partial charge in [0.25, 0.3) is 0 Å². The molecule has 0 radical (unpaired) electrons.